The van der Waals surface area contributed by atoms with Crippen LogP contribution in [0.5, 0.6) is 5.75 Å². The monoisotopic (exact) mass is 414 g/mol. The van der Waals surface area contributed by atoms with Crippen molar-refractivity contribution in [3.8, 4) is 5.75 Å². The van der Waals surface area contributed by atoms with E-state index in [2.05, 4.69) is 0 Å². The first-order valence-electron chi connectivity index (χ1n) is 5.40. The van der Waals surface area contributed by atoms with Crippen LogP contribution >= 0.6 is 22.6 Å². The van der Waals surface area contributed by atoms with Gasteiger partial charge in [0.1, 0.15) is 12.4 Å². The summed E-state index contributed by atoms with van der Waals surface area (Å²) in [7, 11) is -4.17. The van der Waals surface area contributed by atoms with E-state index in [1.54, 1.807) is 0 Å². The van der Waals surface area contributed by atoms with Crippen molar-refractivity contribution in [3.63, 3.8) is 0 Å². The maximum absolute atomic E-state index is 11.0. The SMILES string of the molecule is O=S(=O)(O)c1ccc(OCc2ccccc2)c(I)c1.[H-].[Na+]. The third-order valence-corrected chi connectivity index (χ3v) is 4.13. The molecule has 0 atom stereocenters. The normalized spacial score (nSPS) is 10.7. The Morgan fingerprint density at radius 3 is 2.35 bits per heavy atom. The molecule has 0 fully saturated rings. The van der Waals surface area contributed by atoms with Crippen LogP contribution in [0.15, 0.2) is 53.4 Å². The molecule has 0 spiro atoms. The molecule has 0 aliphatic heterocycles. The fraction of sp³-hybridized carbons (Fsp3) is 0.0769. The van der Waals surface area contributed by atoms with Gasteiger partial charge in [0, 0.05) is 0 Å². The summed E-state index contributed by atoms with van der Waals surface area (Å²) >= 11 is 1.97. The average molecular weight is 414 g/mol. The van der Waals surface area contributed by atoms with Crippen molar-refractivity contribution in [2.24, 2.45) is 0 Å². The molecule has 0 aliphatic carbocycles. The molecule has 0 saturated heterocycles. The average Bonchev–Trinajstić information content (AvgIpc) is 2.37. The van der Waals surface area contributed by atoms with Crippen molar-refractivity contribution in [1.29, 1.82) is 0 Å². The van der Waals surface area contributed by atoms with Crippen molar-refractivity contribution in [1.82, 2.24) is 0 Å². The van der Waals surface area contributed by atoms with Gasteiger partial charge in [-0.1, -0.05) is 30.3 Å². The van der Waals surface area contributed by atoms with Crippen LogP contribution < -0.4 is 34.3 Å². The number of rotatable bonds is 4. The second kappa shape index (κ2) is 7.77. The summed E-state index contributed by atoms with van der Waals surface area (Å²) < 4.78 is 37.1. The van der Waals surface area contributed by atoms with Crippen LogP contribution in [-0.2, 0) is 16.7 Å². The number of hydrogen-bond donors (Lipinski definition) is 1. The zero-order chi connectivity index (χ0) is 13.9. The van der Waals surface area contributed by atoms with Gasteiger partial charge in [0.15, 0.2) is 0 Å². The first-order chi connectivity index (χ1) is 8.97. The van der Waals surface area contributed by atoms with Gasteiger partial charge in [0.2, 0.25) is 0 Å². The molecule has 0 unspecified atom stereocenters. The summed E-state index contributed by atoms with van der Waals surface area (Å²) in [5, 5.41) is 0. The van der Waals surface area contributed by atoms with Crippen LogP contribution in [0.4, 0.5) is 0 Å². The van der Waals surface area contributed by atoms with Crippen molar-refractivity contribution >= 4 is 32.7 Å². The molecule has 0 amide bonds. The molecule has 0 bridgehead atoms. The van der Waals surface area contributed by atoms with Crippen LogP contribution in [0.2, 0.25) is 0 Å². The number of halogens is 1. The topological polar surface area (TPSA) is 63.6 Å². The van der Waals surface area contributed by atoms with E-state index in [9.17, 15) is 8.42 Å². The predicted molar refractivity (Wildman–Crippen MR) is 80.9 cm³/mol. The molecule has 0 aliphatic rings. The number of ether oxygens (including phenoxy) is 1. The van der Waals surface area contributed by atoms with Gasteiger partial charge >= 0.3 is 29.6 Å². The second-order valence-electron chi connectivity index (χ2n) is 3.84. The number of hydrogen-bond acceptors (Lipinski definition) is 3. The molecule has 0 aromatic heterocycles. The Labute approximate surface area is 155 Å². The molecule has 2 aromatic carbocycles. The molecule has 4 nitrogen and oxygen atoms in total. The molecule has 102 valence electrons. The molecule has 0 radical (unpaired) electrons. The fourth-order valence-corrected chi connectivity index (χ4v) is 2.88. The van der Waals surface area contributed by atoms with Crippen LogP contribution in [0.25, 0.3) is 0 Å². The van der Waals surface area contributed by atoms with Gasteiger partial charge in [0.05, 0.1) is 8.47 Å². The Morgan fingerprint density at radius 1 is 1.15 bits per heavy atom. The summed E-state index contributed by atoms with van der Waals surface area (Å²) in [4.78, 5) is -0.135. The zero-order valence-corrected chi connectivity index (χ0v) is 15.8. The summed E-state index contributed by atoms with van der Waals surface area (Å²) in [6, 6.07) is 13.9. The quantitative estimate of drug-likeness (QED) is 0.442. The Hall–Kier alpha value is -0.120. The van der Waals surface area contributed by atoms with Crippen molar-refractivity contribution < 1.29 is 48.7 Å². The minimum atomic E-state index is -4.17. The van der Waals surface area contributed by atoms with Crippen molar-refractivity contribution in [3.05, 3.63) is 57.7 Å². The minimum absolute atomic E-state index is 0. The van der Waals surface area contributed by atoms with E-state index >= 15 is 0 Å². The molecule has 0 heterocycles. The van der Waals surface area contributed by atoms with E-state index in [0.29, 0.717) is 15.9 Å². The van der Waals surface area contributed by atoms with Gasteiger partial charge in [-0.25, -0.2) is 0 Å². The Balaban J connectivity index is 0.00000200. The van der Waals surface area contributed by atoms with Crippen LogP contribution in [0, 0.1) is 3.57 Å². The summed E-state index contributed by atoms with van der Waals surface area (Å²) in [6.07, 6.45) is 0. The van der Waals surface area contributed by atoms with Crippen molar-refractivity contribution in [2.75, 3.05) is 0 Å². The molecule has 2 rings (SSSR count). The largest absolute Gasteiger partial charge is 1.00 e. The van der Waals surface area contributed by atoms with Gasteiger partial charge in [-0.3, -0.25) is 4.55 Å². The maximum Gasteiger partial charge on any atom is 1.00 e. The van der Waals surface area contributed by atoms with E-state index in [4.69, 9.17) is 9.29 Å². The third kappa shape index (κ3) is 5.01. The third-order valence-electron chi connectivity index (χ3n) is 2.44. The van der Waals surface area contributed by atoms with Crippen LogP contribution in [0.1, 0.15) is 6.99 Å². The maximum atomic E-state index is 11.0. The summed E-state index contributed by atoms with van der Waals surface area (Å²) in [6.45, 7) is 0.405. The van der Waals surface area contributed by atoms with Gasteiger partial charge in [-0.05, 0) is 46.4 Å². The van der Waals surface area contributed by atoms with E-state index in [-0.39, 0.29) is 35.9 Å². The van der Waals surface area contributed by atoms with Crippen molar-refractivity contribution in [2.45, 2.75) is 11.5 Å². The predicted octanol–water partition coefficient (Wildman–Crippen LogP) is 0.233. The van der Waals surface area contributed by atoms with Gasteiger partial charge < -0.3 is 6.16 Å². The first-order valence-corrected chi connectivity index (χ1v) is 7.92. The van der Waals surface area contributed by atoms with Gasteiger partial charge in [0.25, 0.3) is 10.1 Å². The first kappa shape index (κ1) is 17.9. The Morgan fingerprint density at radius 2 is 1.80 bits per heavy atom. The molecule has 0 saturated carbocycles. The smallest absolute Gasteiger partial charge is 1.00 e. The van der Waals surface area contributed by atoms with E-state index < -0.39 is 10.1 Å². The summed E-state index contributed by atoms with van der Waals surface area (Å²) in [5.41, 5.74) is 1.03. The van der Waals surface area contributed by atoms with Crippen LogP contribution in [-0.4, -0.2) is 13.0 Å². The molecule has 1 N–H and O–H groups in total. The standard InChI is InChI=1S/C13H11IO4S.Na.H/c14-12-8-11(19(15,16)17)6-7-13(12)18-9-10-4-2-1-3-5-10;;/h1-8H,9H2,(H,15,16,17);;/q;+1;-1. The van der Waals surface area contributed by atoms with E-state index in [1.165, 1.54) is 18.2 Å². The molecule has 7 heteroatoms. The van der Waals surface area contributed by atoms with Gasteiger partial charge in [-0.2, -0.15) is 8.42 Å². The van der Waals surface area contributed by atoms with E-state index in [0.717, 1.165) is 5.56 Å². The Bertz CT molecular complexity index is 680. The number of benzene rings is 2. The molecular weight excluding hydrogens is 402 g/mol. The molecule has 20 heavy (non-hydrogen) atoms. The Kier molecular flexibility index (Phi) is 6.96. The van der Waals surface area contributed by atoms with Crippen LogP contribution in [0.3, 0.4) is 0 Å². The van der Waals surface area contributed by atoms with E-state index in [1.807, 2.05) is 52.9 Å². The molecular formula is C13H12INaO4S. The fourth-order valence-electron chi connectivity index (χ4n) is 1.49. The zero-order valence-electron chi connectivity index (χ0n) is 11.8. The van der Waals surface area contributed by atoms with Gasteiger partial charge in [-0.15, -0.1) is 0 Å². The minimum Gasteiger partial charge on any atom is -1.00 e. The summed E-state index contributed by atoms with van der Waals surface area (Å²) in [5.74, 6) is 0.580. The molecule has 2 aromatic rings. The second-order valence-corrected chi connectivity index (χ2v) is 6.43.